The molecule has 1 unspecified atom stereocenters. The Morgan fingerprint density at radius 3 is 2.13 bits per heavy atom. The first kappa shape index (κ1) is 38.5. The van der Waals surface area contributed by atoms with Crippen LogP contribution in [-0.4, -0.2) is 0 Å². The molecule has 0 radical (unpaired) electrons. The highest BCUT2D eigenvalue weighted by atomic mass is 127. The molecule has 0 spiro atoms. The fraction of sp³-hybridized carbons (Fsp3) is 0.320. The van der Waals surface area contributed by atoms with Gasteiger partial charge in [-0.3, -0.25) is 0 Å². The van der Waals surface area contributed by atoms with Crippen molar-refractivity contribution in [3.8, 4) is 0 Å². The van der Waals surface area contributed by atoms with Crippen LogP contribution in [0.2, 0.25) is 0 Å². The van der Waals surface area contributed by atoms with Gasteiger partial charge in [0.1, 0.15) is 0 Å². The molecule has 0 saturated carbocycles. The second-order valence-corrected chi connectivity index (χ2v) is 17.4. The predicted octanol–water partition coefficient (Wildman–Crippen LogP) is 11.6. The van der Waals surface area contributed by atoms with Crippen LogP contribution in [0.4, 0.5) is 0 Å². The van der Waals surface area contributed by atoms with Crippen molar-refractivity contribution in [2.45, 2.75) is 91.4 Å². The minimum atomic E-state index is -0.119. The summed E-state index contributed by atoms with van der Waals surface area (Å²) in [6, 6.07) is 28.3. The molecule has 2 nitrogen and oxygen atoms in total. The maximum atomic E-state index is 5.12. The molecule has 1 atom stereocenters. The summed E-state index contributed by atoms with van der Waals surface area (Å²) >= 11 is 1.94. The van der Waals surface area contributed by atoms with E-state index >= 15 is 0 Å². The van der Waals surface area contributed by atoms with Gasteiger partial charge in [-0.25, -0.2) is 9.98 Å². The van der Waals surface area contributed by atoms with Gasteiger partial charge in [0.2, 0.25) is 0 Å². The van der Waals surface area contributed by atoms with Crippen LogP contribution in [0, 0.1) is 16.7 Å². The van der Waals surface area contributed by atoms with E-state index in [-0.39, 0.29) is 34.8 Å². The minimum absolute atomic E-state index is 0. The van der Waals surface area contributed by atoms with Gasteiger partial charge < -0.3 is 0 Å². The number of fused-ring (bicyclic) bond motifs is 4. The first-order chi connectivity index (χ1) is 25.7. The smallest absolute Gasteiger partial charge is 0.0716 e. The highest BCUT2D eigenvalue weighted by molar-refractivity contribution is 14.0. The van der Waals surface area contributed by atoms with Crippen molar-refractivity contribution in [3.05, 3.63) is 181 Å². The molecule has 2 aliphatic heterocycles. The summed E-state index contributed by atoms with van der Waals surface area (Å²) in [7, 11) is 0. The Morgan fingerprint density at radius 2 is 1.39 bits per heavy atom. The van der Waals surface area contributed by atoms with Crippen molar-refractivity contribution in [3.63, 3.8) is 0 Å². The van der Waals surface area contributed by atoms with Gasteiger partial charge in [0.15, 0.2) is 0 Å². The normalized spacial score (nSPS) is 22.3. The van der Waals surface area contributed by atoms with Crippen molar-refractivity contribution >= 4 is 46.9 Å². The largest absolute Gasteiger partial charge is 0.248 e. The zero-order valence-corrected chi connectivity index (χ0v) is 35.9. The van der Waals surface area contributed by atoms with E-state index in [0.717, 1.165) is 61.4 Å². The second-order valence-electron chi connectivity index (χ2n) is 16.3. The molecule has 3 aromatic carbocycles. The standard InChI is InChI=1S/C50H52N2S.HI/c1-7-17-36-40(49(3,4)31-44-46(36)38-23-12-14-25-42(38)51-44)29-27-33-19-16-20-34(48(33)53-35-21-10-9-11-22-35)28-30-41-37(18-8-2)47-39-24-13-15-26-43(39)52-45(47)32-50(41,5)6;/h9-15,21-32,36H,7-8,16-20H2,1-6H3;1H. The van der Waals surface area contributed by atoms with Crippen LogP contribution < -0.4 is 21.2 Å². The van der Waals surface area contributed by atoms with Crippen LogP contribution in [-0.2, 0) is 0 Å². The van der Waals surface area contributed by atoms with Crippen LogP contribution in [0.3, 0.4) is 0 Å². The molecule has 3 aromatic rings. The number of thioether (sulfide) groups is 1. The molecule has 2 heterocycles. The van der Waals surface area contributed by atoms with Crippen LogP contribution in [0.25, 0.3) is 11.1 Å². The third kappa shape index (κ3) is 7.21. The van der Waals surface area contributed by atoms with Crippen molar-refractivity contribution in [2.75, 3.05) is 0 Å². The summed E-state index contributed by atoms with van der Waals surface area (Å²) in [5.74, 6) is 0.358. The zero-order chi connectivity index (χ0) is 36.7. The van der Waals surface area contributed by atoms with E-state index in [1.165, 1.54) is 64.9 Å². The molecule has 54 heavy (non-hydrogen) atoms. The minimum Gasteiger partial charge on any atom is -0.248 e. The quantitative estimate of drug-likeness (QED) is 0.197. The highest BCUT2D eigenvalue weighted by Crippen LogP contribution is 2.49. The second kappa shape index (κ2) is 15.8. The van der Waals surface area contributed by atoms with E-state index in [9.17, 15) is 0 Å². The number of halogens is 1. The fourth-order valence-electron chi connectivity index (χ4n) is 9.18. The Labute approximate surface area is 343 Å². The molecule has 0 fully saturated rings. The van der Waals surface area contributed by atoms with Crippen LogP contribution in [0.5, 0.6) is 0 Å². The predicted molar refractivity (Wildman–Crippen MR) is 239 cm³/mol. The van der Waals surface area contributed by atoms with Gasteiger partial charge >= 0.3 is 0 Å². The lowest BCUT2D eigenvalue weighted by Crippen LogP contribution is -2.30. The molecule has 0 saturated heterocycles. The number of rotatable bonds is 9. The SMILES string of the molecule is CCCC1=C(C=CC2=C(Sc3ccccc3)C(=CC=C3C(CCC)C4=c5ccccc5=NC4=CC3(C)C)CCC2)C(C)(C)C=C2N=c3ccccc3=C21.I. The topological polar surface area (TPSA) is 24.7 Å². The Kier molecular flexibility index (Phi) is 11.3. The van der Waals surface area contributed by atoms with Gasteiger partial charge in [-0.1, -0.05) is 151 Å². The Bertz CT molecular complexity index is 2470. The summed E-state index contributed by atoms with van der Waals surface area (Å²) in [4.78, 5) is 12.9. The molecule has 0 bridgehead atoms. The monoisotopic (exact) mass is 840 g/mol. The number of hydrogen-bond donors (Lipinski definition) is 0. The fourth-order valence-corrected chi connectivity index (χ4v) is 10.3. The Morgan fingerprint density at radius 1 is 0.722 bits per heavy atom. The van der Waals surface area contributed by atoms with E-state index in [0.29, 0.717) is 5.92 Å². The van der Waals surface area contributed by atoms with E-state index in [1.807, 2.05) is 11.8 Å². The average molecular weight is 841 g/mol. The highest BCUT2D eigenvalue weighted by Gasteiger charge is 2.38. The van der Waals surface area contributed by atoms with Crippen molar-refractivity contribution in [1.82, 2.24) is 0 Å². The van der Waals surface area contributed by atoms with Gasteiger partial charge in [0.05, 0.1) is 22.1 Å². The van der Waals surface area contributed by atoms with Crippen LogP contribution in [0.1, 0.15) is 86.5 Å². The third-order valence-electron chi connectivity index (χ3n) is 11.6. The van der Waals surface area contributed by atoms with Crippen LogP contribution >= 0.6 is 35.7 Å². The van der Waals surface area contributed by atoms with E-state index in [4.69, 9.17) is 9.98 Å². The number of nitrogens with zero attached hydrogens (tertiary/aromatic N) is 2. The van der Waals surface area contributed by atoms with Gasteiger partial charge in [-0.2, -0.15) is 0 Å². The van der Waals surface area contributed by atoms with E-state index in [1.54, 1.807) is 0 Å². The van der Waals surface area contributed by atoms with Gasteiger partial charge in [0, 0.05) is 42.6 Å². The first-order valence-electron chi connectivity index (χ1n) is 19.8. The summed E-state index contributed by atoms with van der Waals surface area (Å²) in [6.45, 7) is 14.1. The van der Waals surface area contributed by atoms with Gasteiger partial charge in [-0.05, 0) is 96.4 Å². The number of benzene rings is 3. The molecule has 4 heteroatoms. The summed E-state index contributed by atoms with van der Waals surface area (Å²) in [5, 5.41) is 4.81. The maximum absolute atomic E-state index is 5.12. The average Bonchev–Trinajstić information content (AvgIpc) is 3.68. The molecule has 3 aliphatic carbocycles. The molecule has 0 aromatic heterocycles. The van der Waals surface area contributed by atoms with E-state index < -0.39 is 0 Å². The van der Waals surface area contributed by atoms with Gasteiger partial charge in [0.25, 0.3) is 0 Å². The first-order valence-corrected chi connectivity index (χ1v) is 20.6. The third-order valence-corrected chi connectivity index (χ3v) is 12.8. The molecule has 8 rings (SSSR count). The molecular weight excluding hydrogens is 788 g/mol. The summed E-state index contributed by atoms with van der Waals surface area (Å²) in [6.07, 6.45) is 22.5. The summed E-state index contributed by atoms with van der Waals surface area (Å²) in [5.41, 5.74) is 12.2. The molecular formula is C50H53IN2S. The maximum Gasteiger partial charge on any atom is 0.0716 e. The lowest BCUT2D eigenvalue weighted by atomic mass is 9.67. The van der Waals surface area contributed by atoms with Crippen LogP contribution in [0.15, 0.2) is 174 Å². The Balaban J connectivity index is 0.00000450. The number of hydrogen-bond acceptors (Lipinski definition) is 3. The zero-order valence-electron chi connectivity index (χ0n) is 32.7. The van der Waals surface area contributed by atoms with Crippen molar-refractivity contribution < 1.29 is 0 Å². The molecule has 0 amide bonds. The van der Waals surface area contributed by atoms with Gasteiger partial charge in [-0.15, -0.1) is 24.0 Å². The van der Waals surface area contributed by atoms with Crippen molar-refractivity contribution in [1.29, 1.82) is 0 Å². The summed E-state index contributed by atoms with van der Waals surface area (Å²) < 4.78 is 0. The molecule has 0 N–H and O–H groups in total. The lowest BCUT2D eigenvalue weighted by molar-refractivity contribution is 0.480. The Hall–Kier alpha value is -3.74. The number of para-hydroxylation sites is 2. The molecule has 276 valence electrons. The number of allylic oxidation sites excluding steroid dienone is 12. The molecule has 5 aliphatic rings. The lowest BCUT2D eigenvalue weighted by Gasteiger charge is -2.37. The van der Waals surface area contributed by atoms with Crippen molar-refractivity contribution in [2.24, 2.45) is 26.7 Å². The van der Waals surface area contributed by atoms with E-state index in [2.05, 4.69) is 157 Å².